The molecule has 0 radical (unpaired) electrons. The highest BCUT2D eigenvalue weighted by Crippen LogP contribution is 2.24. The molecule has 0 unspecified atom stereocenters. The van der Waals surface area contributed by atoms with Gasteiger partial charge in [-0.25, -0.2) is 0 Å². The molecule has 0 bridgehead atoms. The number of hydrogen-bond donors (Lipinski definition) is 2. The predicted molar refractivity (Wildman–Crippen MR) is 112 cm³/mol. The van der Waals surface area contributed by atoms with Gasteiger partial charge in [-0.3, -0.25) is 9.59 Å². The standard InChI is InChI=1S/C21H19ClN2O3S/c1-27-19-9-6-15(22)12-18(19)21(26)24-16-7-4-14(5-8-16)11-20(25)23-13-17-3-2-10-28-17/h2-10,12H,11,13H2,1H3,(H,23,25)(H,24,26). The van der Waals surface area contributed by atoms with Crippen LogP contribution in [0.3, 0.4) is 0 Å². The summed E-state index contributed by atoms with van der Waals surface area (Å²) in [5.74, 6) is 0.0792. The lowest BCUT2D eigenvalue weighted by atomic mass is 10.1. The summed E-state index contributed by atoms with van der Waals surface area (Å²) < 4.78 is 5.21. The van der Waals surface area contributed by atoms with Gasteiger partial charge in [0.05, 0.1) is 25.6 Å². The van der Waals surface area contributed by atoms with E-state index in [1.165, 1.54) is 7.11 Å². The van der Waals surface area contributed by atoms with Gasteiger partial charge in [-0.1, -0.05) is 29.8 Å². The molecule has 0 saturated heterocycles. The first-order valence-corrected chi connectivity index (χ1v) is 9.84. The van der Waals surface area contributed by atoms with Gasteiger partial charge < -0.3 is 15.4 Å². The van der Waals surface area contributed by atoms with E-state index in [-0.39, 0.29) is 18.2 Å². The number of hydrogen-bond acceptors (Lipinski definition) is 4. The van der Waals surface area contributed by atoms with Crippen LogP contribution >= 0.6 is 22.9 Å². The van der Waals surface area contributed by atoms with Gasteiger partial charge in [-0.05, 0) is 47.3 Å². The van der Waals surface area contributed by atoms with Gasteiger partial charge in [-0.2, -0.15) is 0 Å². The molecular formula is C21H19ClN2O3S. The molecule has 1 heterocycles. The van der Waals surface area contributed by atoms with Crippen molar-refractivity contribution in [3.63, 3.8) is 0 Å². The summed E-state index contributed by atoms with van der Waals surface area (Å²) in [6.07, 6.45) is 0.279. The van der Waals surface area contributed by atoms with Gasteiger partial charge in [0.25, 0.3) is 5.91 Å². The van der Waals surface area contributed by atoms with Crippen molar-refractivity contribution in [2.45, 2.75) is 13.0 Å². The highest BCUT2D eigenvalue weighted by Gasteiger charge is 2.13. The molecule has 0 saturated carbocycles. The molecule has 2 amide bonds. The molecule has 0 aliphatic heterocycles. The molecule has 0 spiro atoms. The number of benzene rings is 2. The summed E-state index contributed by atoms with van der Waals surface area (Å²) in [5.41, 5.74) is 1.84. The number of anilines is 1. The number of halogens is 1. The Kier molecular flexibility index (Phi) is 6.68. The number of thiophene rings is 1. The minimum absolute atomic E-state index is 0.0474. The lowest BCUT2D eigenvalue weighted by Gasteiger charge is -2.10. The molecule has 7 heteroatoms. The SMILES string of the molecule is COc1ccc(Cl)cc1C(=O)Nc1ccc(CC(=O)NCc2cccs2)cc1. The summed E-state index contributed by atoms with van der Waals surface area (Å²) in [4.78, 5) is 25.7. The third kappa shape index (κ3) is 5.34. The Morgan fingerprint density at radius 1 is 1.11 bits per heavy atom. The van der Waals surface area contributed by atoms with Gasteiger partial charge >= 0.3 is 0 Å². The fraction of sp³-hybridized carbons (Fsp3) is 0.143. The first-order chi connectivity index (χ1) is 13.5. The monoisotopic (exact) mass is 414 g/mol. The van der Waals surface area contributed by atoms with Crippen molar-refractivity contribution in [2.75, 3.05) is 12.4 Å². The third-order valence-electron chi connectivity index (χ3n) is 4.02. The summed E-state index contributed by atoms with van der Waals surface area (Å²) in [6, 6.07) is 16.0. The van der Waals surface area contributed by atoms with E-state index in [1.54, 1.807) is 41.7 Å². The first kappa shape index (κ1) is 19.9. The molecule has 0 aliphatic rings. The molecular weight excluding hydrogens is 396 g/mol. The van der Waals surface area contributed by atoms with E-state index in [9.17, 15) is 9.59 Å². The summed E-state index contributed by atoms with van der Waals surface area (Å²) in [7, 11) is 1.50. The van der Waals surface area contributed by atoms with E-state index >= 15 is 0 Å². The Hall–Kier alpha value is -2.83. The van der Waals surface area contributed by atoms with Crippen molar-refractivity contribution in [3.8, 4) is 5.75 Å². The van der Waals surface area contributed by atoms with Crippen LogP contribution in [0.4, 0.5) is 5.69 Å². The van der Waals surface area contributed by atoms with E-state index in [0.29, 0.717) is 28.6 Å². The van der Waals surface area contributed by atoms with E-state index in [2.05, 4.69) is 10.6 Å². The molecule has 144 valence electrons. The van der Waals surface area contributed by atoms with E-state index in [1.807, 2.05) is 29.6 Å². The molecule has 2 aromatic carbocycles. The second-order valence-electron chi connectivity index (χ2n) is 6.03. The number of rotatable bonds is 7. The number of carbonyl (C=O) groups is 2. The summed E-state index contributed by atoms with van der Waals surface area (Å²) in [5, 5.41) is 8.14. The van der Waals surface area contributed by atoms with Crippen molar-refractivity contribution in [2.24, 2.45) is 0 Å². The molecule has 3 rings (SSSR count). The van der Waals surface area contributed by atoms with Crippen molar-refractivity contribution in [1.82, 2.24) is 5.32 Å². The summed E-state index contributed by atoms with van der Waals surface area (Å²) >= 11 is 7.58. The van der Waals surface area contributed by atoms with Gasteiger partial charge in [0.2, 0.25) is 5.91 Å². The molecule has 1 aromatic heterocycles. The van der Waals surface area contributed by atoms with Crippen LogP contribution < -0.4 is 15.4 Å². The zero-order valence-electron chi connectivity index (χ0n) is 15.2. The minimum Gasteiger partial charge on any atom is -0.496 e. The van der Waals surface area contributed by atoms with Crippen LogP contribution in [0.25, 0.3) is 0 Å². The fourth-order valence-electron chi connectivity index (χ4n) is 2.61. The molecule has 0 aliphatic carbocycles. The zero-order chi connectivity index (χ0) is 19.9. The Morgan fingerprint density at radius 2 is 1.89 bits per heavy atom. The van der Waals surface area contributed by atoms with Crippen LogP contribution in [0.1, 0.15) is 20.8 Å². The van der Waals surface area contributed by atoms with Gasteiger partial charge in [0.1, 0.15) is 5.75 Å². The maximum Gasteiger partial charge on any atom is 0.259 e. The normalized spacial score (nSPS) is 10.4. The molecule has 3 aromatic rings. The van der Waals surface area contributed by atoms with Crippen molar-refractivity contribution in [3.05, 3.63) is 81.0 Å². The van der Waals surface area contributed by atoms with Crippen molar-refractivity contribution < 1.29 is 14.3 Å². The Labute approximate surface area is 172 Å². The van der Waals surface area contributed by atoms with Crippen LogP contribution in [0.2, 0.25) is 5.02 Å². The Bertz CT molecular complexity index is 956. The quantitative estimate of drug-likeness (QED) is 0.597. The largest absolute Gasteiger partial charge is 0.496 e. The van der Waals surface area contributed by atoms with E-state index in [4.69, 9.17) is 16.3 Å². The second-order valence-corrected chi connectivity index (χ2v) is 7.50. The van der Waals surface area contributed by atoms with E-state index < -0.39 is 0 Å². The first-order valence-electron chi connectivity index (χ1n) is 8.58. The van der Waals surface area contributed by atoms with Gasteiger partial charge in [0.15, 0.2) is 0 Å². The highest BCUT2D eigenvalue weighted by molar-refractivity contribution is 7.09. The van der Waals surface area contributed by atoms with Crippen LogP contribution in [0.15, 0.2) is 60.0 Å². The van der Waals surface area contributed by atoms with E-state index in [0.717, 1.165) is 10.4 Å². The maximum atomic E-state index is 12.5. The third-order valence-corrected chi connectivity index (χ3v) is 5.13. The lowest BCUT2D eigenvalue weighted by molar-refractivity contribution is -0.120. The number of amides is 2. The van der Waals surface area contributed by atoms with Crippen LogP contribution in [0.5, 0.6) is 5.75 Å². The average molecular weight is 415 g/mol. The fourth-order valence-corrected chi connectivity index (χ4v) is 3.43. The molecule has 2 N–H and O–H groups in total. The predicted octanol–water partition coefficient (Wildman–Crippen LogP) is 4.52. The zero-order valence-corrected chi connectivity index (χ0v) is 16.8. The summed E-state index contributed by atoms with van der Waals surface area (Å²) in [6.45, 7) is 0.534. The van der Waals surface area contributed by atoms with Crippen molar-refractivity contribution >= 4 is 40.4 Å². The Balaban J connectivity index is 1.57. The number of carbonyl (C=O) groups excluding carboxylic acids is 2. The number of nitrogens with one attached hydrogen (secondary N) is 2. The number of ether oxygens (including phenoxy) is 1. The minimum atomic E-state index is -0.319. The average Bonchev–Trinajstić information content (AvgIpc) is 3.21. The molecule has 0 fully saturated rings. The van der Waals surface area contributed by atoms with Crippen LogP contribution in [-0.2, 0) is 17.8 Å². The molecule has 28 heavy (non-hydrogen) atoms. The highest BCUT2D eigenvalue weighted by atomic mass is 35.5. The van der Waals surface area contributed by atoms with Crippen LogP contribution in [0, 0.1) is 0 Å². The number of methoxy groups -OCH3 is 1. The van der Waals surface area contributed by atoms with Gasteiger partial charge in [-0.15, -0.1) is 11.3 Å². The molecule has 0 atom stereocenters. The smallest absolute Gasteiger partial charge is 0.259 e. The lowest BCUT2D eigenvalue weighted by Crippen LogP contribution is -2.24. The molecule has 5 nitrogen and oxygen atoms in total. The van der Waals surface area contributed by atoms with Crippen molar-refractivity contribution in [1.29, 1.82) is 0 Å². The maximum absolute atomic E-state index is 12.5. The topological polar surface area (TPSA) is 67.4 Å². The Morgan fingerprint density at radius 3 is 2.57 bits per heavy atom. The van der Waals surface area contributed by atoms with Gasteiger partial charge in [0, 0.05) is 15.6 Å². The second kappa shape index (κ2) is 9.39. The van der Waals surface area contributed by atoms with Crippen LogP contribution in [-0.4, -0.2) is 18.9 Å².